The maximum Gasteiger partial charge on any atom is 0.191 e. The fourth-order valence-corrected chi connectivity index (χ4v) is 2.11. The van der Waals surface area contributed by atoms with Gasteiger partial charge in [-0.15, -0.1) is 0 Å². The molecular weight excluding hydrogens is 296 g/mol. The molecule has 0 saturated carbocycles. The van der Waals surface area contributed by atoms with Gasteiger partial charge in [0.2, 0.25) is 0 Å². The van der Waals surface area contributed by atoms with Crippen LogP contribution in [0, 0.1) is 11.6 Å². The van der Waals surface area contributed by atoms with E-state index in [0.29, 0.717) is 18.1 Å². The first-order valence-corrected chi connectivity index (χ1v) is 7.69. The minimum atomic E-state index is -0.251. The second-order valence-corrected chi connectivity index (χ2v) is 5.09. The Hall–Kier alpha value is -2.43. The molecule has 0 unspecified atom stereocenters. The number of halogens is 2. The van der Waals surface area contributed by atoms with Crippen LogP contribution >= 0.6 is 0 Å². The van der Waals surface area contributed by atoms with Gasteiger partial charge in [-0.2, -0.15) is 0 Å². The van der Waals surface area contributed by atoms with Crippen LogP contribution in [0.1, 0.15) is 18.1 Å². The second-order valence-electron chi connectivity index (χ2n) is 5.09. The summed E-state index contributed by atoms with van der Waals surface area (Å²) in [7, 11) is 0. The summed E-state index contributed by atoms with van der Waals surface area (Å²) in [6.45, 7) is 3.63. The van der Waals surface area contributed by atoms with Gasteiger partial charge in [0.15, 0.2) is 5.96 Å². The lowest BCUT2D eigenvalue weighted by atomic mass is 10.1. The fourth-order valence-electron chi connectivity index (χ4n) is 2.11. The molecule has 0 aromatic heterocycles. The predicted octanol–water partition coefficient (Wildman–Crippen LogP) is 3.26. The summed E-state index contributed by atoms with van der Waals surface area (Å²) in [5.41, 5.74) is 1.60. The summed E-state index contributed by atoms with van der Waals surface area (Å²) in [4.78, 5) is 4.38. The predicted molar refractivity (Wildman–Crippen MR) is 89.3 cm³/mol. The highest BCUT2D eigenvalue weighted by molar-refractivity contribution is 5.79. The minimum Gasteiger partial charge on any atom is -0.357 e. The highest BCUT2D eigenvalue weighted by Crippen LogP contribution is 2.07. The zero-order chi connectivity index (χ0) is 16.5. The third-order valence-corrected chi connectivity index (χ3v) is 3.33. The van der Waals surface area contributed by atoms with Crippen LogP contribution in [0.4, 0.5) is 8.78 Å². The van der Waals surface area contributed by atoms with E-state index in [1.807, 2.05) is 6.92 Å². The van der Waals surface area contributed by atoms with Crippen molar-refractivity contribution in [1.82, 2.24) is 10.6 Å². The average molecular weight is 317 g/mol. The van der Waals surface area contributed by atoms with Crippen molar-refractivity contribution in [3.63, 3.8) is 0 Å². The summed E-state index contributed by atoms with van der Waals surface area (Å²) in [5, 5.41) is 6.32. The molecule has 2 rings (SSSR count). The average Bonchev–Trinajstić information content (AvgIpc) is 2.56. The molecule has 0 radical (unpaired) electrons. The van der Waals surface area contributed by atoms with E-state index in [-0.39, 0.29) is 18.2 Å². The highest BCUT2D eigenvalue weighted by Gasteiger charge is 2.02. The molecule has 2 aromatic rings. The lowest BCUT2D eigenvalue weighted by molar-refractivity contribution is 0.610. The van der Waals surface area contributed by atoms with E-state index in [4.69, 9.17) is 0 Å². The van der Waals surface area contributed by atoms with Gasteiger partial charge in [0.1, 0.15) is 11.6 Å². The molecule has 2 aromatic carbocycles. The van der Waals surface area contributed by atoms with Gasteiger partial charge in [-0.1, -0.05) is 30.3 Å². The molecule has 0 aliphatic rings. The zero-order valence-electron chi connectivity index (χ0n) is 13.2. The quantitative estimate of drug-likeness (QED) is 0.634. The second kappa shape index (κ2) is 8.88. The fraction of sp³-hybridized carbons (Fsp3) is 0.278. The Bertz CT molecular complexity index is 639. The van der Waals surface area contributed by atoms with Crippen molar-refractivity contribution in [3.8, 4) is 0 Å². The molecule has 0 heterocycles. The third-order valence-electron chi connectivity index (χ3n) is 3.33. The monoisotopic (exact) mass is 317 g/mol. The molecule has 23 heavy (non-hydrogen) atoms. The number of nitrogens with zero attached hydrogens (tertiary/aromatic N) is 1. The van der Waals surface area contributed by atoms with Crippen LogP contribution in [0.5, 0.6) is 0 Å². The standard InChI is InChI=1S/C18H21F2N3/c1-2-21-18(23-13-15-5-3-4-6-17(15)20)22-12-11-14-7-9-16(19)10-8-14/h3-10H,2,11-13H2,1H3,(H2,21,22,23). The minimum absolute atomic E-state index is 0.235. The van der Waals surface area contributed by atoms with Crippen molar-refractivity contribution in [2.45, 2.75) is 19.9 Å². The Balaban J connectivity index is 1.89. The van der Waals surface area contributed by atoms with Crippen molar-refractivity contribution in [1.29, 1.82) is 0 Å². The number of guanidine groups is 1. The van der Waals surface area contributed by atoms with Gasteiger partial charge in [0, 0.05) is 18.7 Å². The number of rotatable bonds is 6. The molecule has 0 fully saturated rings. The van der Waals surface area contributed by atoms with Crippen LogP contribution in [0.2, 0.25) is 0 Å². The first kappa shape index (κ1) is 16.9. The zero-order valence-corrected chi connectivity index (χ0v) is 13.2. The lowest BCUT2D eigenvalue weighted by Gasteiger charge is -2.11. The largest absolute Gasteiger partial charge is 0.357 e. The topological polar surface area (TPSA) is 36.4 Å². The van der Waals surface area contributed by atoms with E-state index in [1.54, 1.807) is 30.3 Å². The molecule has 0 aliphatic heterocycles. The van der Waals surface area contributed by atoms with Crippen molar-refractivity contribution in [2.75, 3.05) is 13.1 Å². The number of hydrogen-bond donors (Lipinski definition) is 2. The van der Waals surface area contributed by atoms with E-state index in [1.165, 1.54) is 18.2 Å². The van der Waals surface area contributed by atoms with Gasteiger partial charge < -0.3 is 10.6 Å². The van der Waals surface area contributed by atoms with E-state index >= 15 is 0 Å². The number of benzene rings is 2. The van der Waals surface area contributed by atoms with Crippen molar-refractivity contribution >= 4 is 5.96 Å². The molecule has 0 bridgehead atoms. The Morgan fingerprint density at radius 3 is 2.43 bits per heavy atom. The van der Waals surface area contributed by atoms with E-state index in [9.17, 15) is 8.78 Å². The Labute approximate surface area is 135 Å². The molecule has 2 N–H and O–H groups in total. The Morgan fingerprint density at radius 2 is 1.74 bits per heavy atom. The van der Waals surface area contributed by atoms with Gasteiger partial charge in [-0.05, 0) is 37.1 Å². The van der Waals surface area contributed by atoms with Crippen molar-refractivity contribution < 1.29 is 8.78 Å². The smallest absolute Gasteiger partial charge is 0.191 e. The van der Waals surface area contributed by atoms with Crippen LogP contribution in [0.15, 0.2) is 53.5 Å². The van der Waals surface area contributed by atoms with Gasteiger partial charge in [-0.25, -0.2) is 13.8 Å². The van der Waals surface area contributed by atoms with Gasteiger partial charge >= 0.3 is 0 Å². The normalized spacial score (nSPS) is 11.3. The molecule has 0 saturated heterocycles. The molecule has 3 nitrogen and oxygen atoms in total. The first-order valence-electron chi connectivity index (χ1n) is 7.69. The van der Waals surface area contributed by atoms with E-state index < -0.39 is 0 Å². The Morgan fingerprint density at radius 1 is 1.00 bits per heavy atom. The summed E-state index contributed by atoms with van der Waals surface area (Å²) >= 11 is 0. The van der Waals surface area contributed by atoms with Crippen LogP contribution in [-0.2, 0) is 13.0 Å². The summed E-state index contributed by atoms with van der Waals surface area (Å²) in [6.07, 6.45) is 0.754. The number of aliphatic imine (C=N–C) groups is 1. The summed E-state index contributed by atoms with van der Waals surface area (Å²) in [6, 6.07) is 13.0. The molecule has 0 spiro atoms. The van der Waals surface area contributed by atoms with E-state index in [2.05, 4.69) is 15.6 Å². The van der Waals surface area contributed by atoms with Gasteiger partial charge in [-0.3, -0.25) is 0 Å². The van der Waals surface area contributed by atoms with Crippen molar-refractivity contribution in [2.24, 2.45) is 4.99 Å². The molecule has 5 heteroatoms. The SMILES string of the molecule is CCNC(=NCc1ccccc1F)NCCc1ccc(F)cc1. The Kier molecular flexibility index (Phi) is 6.54. The van der Waals surface area contributed by atoms with Gasteiger partial charge in [0.05, 0.1) is 6.54 Å². The van der Waals surface area contributed by atoms with Crippen LogP contribution in [-0.4, -0.2) is 19.0 Å². The van der Waals surface area contributed by atoms with Crippen molar-refractivity contribution in [3.05, 3.63) is 71.3 Å². The van der Waals surface area contributed by atoms with Crippen LogP contribution < -0.4 is 10.6 Å². The third kappa shape index (κ3) is 5.70. The number of hydrogen-bond acceptors (Lipinski definition) is 1. The first-order chi connectivity index (χ1) is 11.2. The van der Waals surface area contributed by atoms with Gasteiger partial charge in [0.25, 0.3) is 0 Å². The van der Waals surface area contributed by atoms with Crippen LogP contribution in [0.25, 0.3) is 0 Å². The molecule has 0 amide bonds. The summed E-state index contributed by atoms with van der Waals surface area (Å²) in [5.74, 6) is 0.151. The lowest BCUT2D eigenvalue weighted by Crippen LogP contribution is -2.38. The van der Waals surface area contributed by atoms with Crippen LogP contribution in [0.3, 0.4) is 0 Å². The maximum absolute atomic E-state index is 13.6. The number of nitrogens with one attached hydrogen (secondary N) is 2. The van der Waals surface area contributed by atoms with E-state index in [0.717, 1.165) is 18.5 Å². The molecule has 0 atom stereocenters. The summed E-state index contributed by atoms with van der Waals surface area (Å²) < 4.78 is 26.4. The molecule has 0 aliphatic carbocycles. The molecule has 122 valence electrons. The molecular formula is C18H21F2N3. The highest BCUT2D eigenvalue weighted by atomic mass is 19.1. The maximum atomic E-state index is 13.6.